The maximum Gasteiger partial charge on any atom is 0.327 e. The van der Waals surface area contributed by atoms with Crippen molar-refractivity contribution in [3.8, 4) is 0 Å². The molecule has 0 spiro atoms. The number of sulfonamides is 1. The zero-order valence-corrected chi connectivity index (χ0v) is 13.8. The van der Waals surface area contributed by atoms with Crippen molar-refractivity contribution in [1.82, 2.24) is 4.31 Å². The molecule has 2 atom stereocenters. The third-order valence-corrected chi connectivity index (χ3v) is 6.12. The van der Waals surface area contributed by atoms with Crippen molar-refractivity contribution < 1.29 is 23.1 Å². The lowest BCUT2D eigenvalue weighted by molar-refractivity contribution is -0.155. The first kappa shape index (κ1) is 16.9. The van der Waals surface area contributed by atoms with Gasteiger partial charge in [0.05, 0.1) is 18.1 Å². The van der Waals surface area contributed by atoms with E-state index in [4.69, 9.17) is 4.74 Å². The van der Waals surface area contributed by atoms with E-state index in [1.165, 1.54) is 26.2 Å². The van der Waals surface area contributed by atoms with E-state index in [1.54, 1.807) is 12.1 Å². The van der Waals surface area contributed by atoms with E-state index in [1.807, 2.05) is 6.92 Å². The number of methoxy groups -OCH3 is 1. The number of hydrogen-bond donors (Lipinski definition) is 1. The van der Waals surface area contributed by atoms with Crippen molar-refractivity contribution in [2.45, 2.75) is 43.2 Å². The summed E-state index contributed by atoms with van der Waals surface area (Å²) in [5.74, 6) is -0.665. The zero-order valence-electron chi connectivity index (χ0n) is 12.9. The molecule has 6 nitrogen and oxygen atoms in total. The number of benzene rings is 1. The third kappa shape index (κ3) is 2.88. The summed E-state index contributed by atoms with van der Waals surface area (Å²) in [6.45, 7) is 3.43. The van der Waals surface area contributed by atoms with Gasteiger partial charge in [-0.2, -0.15) is 4.31 Å². The van der Waals surface area contributed by atoms with Gasteiger partial charge >= 0.3 is 5.97 Å². The molecule has 2 rings (SSSR count). The van der Waals surface area contributed by atoms with Crippen LogP contribution >= 0.6 is 0 Å². The summed E-state index contributed by atoms with van der Waals surface area (Å²) < 4.78 is 31.7. The summed E-state index contributed by atoms with van der Waals surface area (Å²) in [6.07, 6.45) is -0.420. The minimum Gasteiger partial charge on any atom is -0.468 e. The van der Waals surface area contributed by atoms with Gasteiger partial charge in [-0.05, 0) is 32.4 Å². The van der Waals surface area contributed by atoms with Crippen LogP contribution in [-0.2, 0) is 19.6 Å². The fourth-order valence-corrected chi connectivity index (χ4v) is 4.56. The number of ether oxygens (including phenoxy) is 1. The Hall–Kier alpha value is -1.44. The molecule has 122 valence electrons. The molecule has 1 saturated heterocycles. The van der Waals surface area contributed by atoms with Crippen molar-refractivity contribution in [2.75, 3.05) is 13.7 Å². The molecular formula is C15H21NO5S. The van der Waals surface area contributed by atoms with Gasteiger partial charge in [-0.3, -0.25) is 4.79 Å². The molecule has 0 aromatic heterocycles. The van der Waals surface area contributed by atoms with Gasteiger partial charge in [-0.1, -0.05) is 17.7 Å². The molecule has 1 aromatic rings. The average molecular weight is 327 g/mol. The molecule has 1 aromatic carbocycles. The molecule has 0 aliphatic carbocycles. The van der Waals surface area contributed by atoms with Gasteiger partial charge < -0.3 is 9.84 Å². The second-order valence-corrected chi connectivity index (χ2v) is 7.66. The highest BCUT2D eigenvalue weighted by molar-refractivity contribution is 7.89. The Balaban J connectivity index is 2.47. The highest BCUT2D eigenvalue weighted by atomic mass is 32.2. The van der Waals surface area contributed by atoms with E-state index < -0.39 is 27.6 Å². The minimum atomic E-state index is -3.84. The van der Waals surface area contributed by atoms with Crippen LogP contribution in [0.2, 0.25) is 0 Å². The lowest BCUT2D eigenvalue weighted by Crippen LogP contribution is -2.60. The second-order valence-electron chi connectivity index (χ2n) is 5.80. The minimum absolute atomic E-state index is 0.0186. The molecule has 1 fully saturated rings. The Morgan fingerprint density at radius 3 is 2.50 bits per heavy atom. The van der Waals surface area contributed by atoms with Crippen LogP contribution in [0.15, 0.2) is 29.2 Å². The summed E-state index contributed by atoms with van der Waals surface area (Å²) >= 11 is 0. The highest BCUT2D eigenvalue weighted by Crippen LogP contribution is 2.34. The van der Waals surface area contributed by atoms with Crippen molar-refractivity contribution in [2.24, 2.45) is 0 Å². The normalized spacial score (nSPS) is 26.6. The number of nitrogens with zero attached hydrogens (tertiary/aromatic N) is 1. The first-order chi connectivity index (χ1) is 10.2. The lowest BCUT2D eigenvalue weighted by Gasteiger charge is -2.42. The van der Waals surface area contributed by atoms with Gasteiger partial charge in [0.2, 0.25) is 10.0 Å². The number of hydrogen-bond acceptors (Lipinski definition) is 5. The van der Waals surface area contributed by atoms with Crippen LogP contribution in [0, 0.1) is 6.92 Å². The van der Waals surface area contributed by atoms with Crippen LogP contribution in [0.5, 0.6) is 0 Å². The monoisotopic (exact) mass is 327 g/mol. The summed E-state index contributed by atoms with van der Waals surface area (Å²) in [5, 5.41) is 9.85. The molecule has 1 heterocycles. The van der Waals surface area contributed by atoms with Crippen molar-refractivity contribution in [3.05, 3.63) is 29.8 Å². The first-order valence-electron chi connectivity index (χ1n) is 7.08. The van der Waals surface area contributed by atoms with Crippen LogP contribution in [0.25, 0.3) is 0 Å². The number of piperidine rings is 1. The van der Waals surface area contributed by atoms with Crippen LogP contribution in [0.1, 0.15) is 25.3 Å². The molecule has 0 unspecified atom stereocenters. The molecule has 22 heavy (non-hydrogen) atoms. The fraction of sp³-hybridized carbons (Fsp3) is 0.533. The Morgan fingerprint density at radius 2 is 1.95 bits per heavy atom. The van der Waals surface area contributed by atoms with E-state index in [0.717, 1.165) is 9.87 Å². The average Bonchev–Trinajstić information content (AvgIpc) is 2.46. The molecule has 1 N–H and O–H groups in total. The summed E-state index contributed by atoms with van der Waals surface area (Å²) in [4.78, 5) is 12.3. The first-order valence-corrected chi connectivity index (χ1v) is 8.52. The van der Waals surface area contributed by atoms with E-state index in [9.17, 15) is 18.3 Å². The Morgan fingerprint density at radius 1 is 1.36 bits per heavy atom. The Kier molecular flexibility index (Phi) is 4.60. The van der Waals surface area contributed by atoms with E-state index in [2.05, 4.69) is 0 Å². The fourth-order valence-electron chi connectivity index (χ4n) is 2.80. The van der Waals surface area contributed by atoms with Crippen molar-refractivity contribution in [3.63, 3.8) is 0 Å². The van der Waals surface area contributed by atoms with Gasteiger partial charge in [0.25, 0.3) is 0 Å². The smallest absolute Gasteiger partial charge is 0.327 e. The molecule has 7 heteroatoms. The highest BCUT2D eigenvalue weighted by Gasteiger charge is 2.50. The van der Waals surface area contributed by atoms with E-state index >= 15 is 0 Å². The van der Waals surface area contributed by atoms with Crippen molar-refractivity contribution >= 4 is 16.0 Å². The number of carbonyl (C=O) groups excluding carboxylic acids is 1. The maximum absolute atomic E-state index is 12.9. The number of aryl methyl sites for hydroxylation is 1. The summed E-state index contributed by atoms with van der Waals surface area (Å²) in [6, 6.07) is 6.46. The number of aliphatic hydroxyl groups excluding tert-OH is 1. The van der Waals surface area contributed by atoms with Gasteiger partial charge in [-0.15, -0.1) is 0 Å². The lowest BCUT2D eigenvalue weighted by atomic mass is 9.89. The van der Waals surface area contributed by atoms with Crippen LogP contribution < -0.4 is 0 Å². The molecule has 0 amide bonds. The third-order valence-electron chi connectivity index (χ3n) is 4.08. The molecule has 0 bridgehead atoms. The van der Waals surface area contributed by atoms with E-state index in [0.29, 0.717) is 0 Å². The molecule has 1 aliphatic heterocycles. The summed E-state index contributed by atoms with van der Waals surface area (Å²) in [7, 11) is -2.63. The zero-order chi connectivity index (χ0) is 16.5. The largest absolute Gasteiger partial charge is 0.468 e. The molecule has 1 aliphatic rings. The SMILES string of the molecule is COC(=O)[C@]1(C)C[C@@H](O)CCN1S(=O)(=O)c1ccc(C)cc1. The molecule has 0 saturated carbocycles. The Bertz CT molecular complexity index is 655. The Labute approximate surface area is 130 Å². The number of rotatable bonds is 3. The maximum atomic E-state index is 12.9. The second kappa shape index (κ2) is 5.98. The summed E-state index contributed by atoms with van der Waals surface area (Å²) in [5.41, 5.74) is -0.459. The number of carbonyl (C=O) groups is 1. The van der Waals surface area contributed by atoms with Crippen LogP contribution in [0.3, 0.4) is 0 Å². The predicted octanol–water partition coefficient (Wildman–Crippen LogP) is 1.07. The quantitative estimate of drug-likeness (QED) is 0.840. The van der Waals surface area contributed by atoms with Crippen LogP contribution in [-0.4, -0.2) is 49.1 Å². The predicted molar refractivity (Wildman–Crippen MR) is 80.7 cm³/mol. The topological polar surface area (TPSA) is 83.9 Å². The van der Waals surface area contributed by atoms with E-state index in [-0.39, 0.29) is 24.3 Å². The van der Waals surface area contributed by atoms with Gasteiger partial charge in [0.1, 0.15) is 5.54 Å². The standard InChI is InChI=1S/C15H21NO5S/c1-11-4-6-13(7-5-11)22(19,20)16-9-8-12(17)10-15(16,2)14(18)21-3/h4-7,12,17H,8-10H2,1-3H3/t12-,15-/m0/s1. The number of aliphatic hydroxyl groups is 1. The molecule has 0 radical (unpaired) electrons. The van der Waals surface area contributed by atoms with Gasteiger partial charge in [0, 0.05) is 13.0 Å². The van der Waals surface area contributed by atoms with Gasteiger partial charge in [0.15, 0.2) is 0 Å². The number of esters is 1. The van der Waals surface area contributed by atoms with Crippen LogP contribution in [0.4, 0.5) is 0 Å². The molecular weight excluding hydrogens is 306 g/mol. The van der Waals surface area contributed by atoms with Crippen molar-refractivity contribution in [1.29, 1.82) is 0 Å². The van der Waals surface area contributed by atoms with Gasteiger partial charge in [-0.25, -0.2) is 8.42 Å².